The minimum atomic E-state index is -0.714. The average molecular weight is 988 g/mol. The number of aryl methyl sites for hydroxylation is 4. The highest BCUT2D eigenvalue weighted by molar-refractivity contribution is 5.89. The Bertz CT molecular complexity index is 2700. The number of likely N-dealkylation sites (tertiary alicyclic amines) is 1. The number of unbranched alkanes of at least 4 members (excludes halogenated alkanes) is 7. The lowest BCUT2D eigenvalue weighted by atomic mass is 9.91. The van der Waals surface area contributed by atoms with Crippen LogP contribution in [0.5, 0.6) is 17.2 Å². The molecule has 10 nitrogen and oxygen atoms in total. The van der Waals surface area contributed by atoms with Gasteiger partial charge in [-0.15, -0.1) is 0 Å². The minimum Gasteiger partial charge on any atom is -0.493 e. The third kappa shape index (κ3) is 14.9. The van der Waals surface area contributed by atoms with E-state index in [1.54, 1.807) is 19.1 Å². The van der Waals surface area contributed by atoms with Gasteiger partial charge in [-0.3, -0.25) is 9.59 Å². The van der Waals surface area contributed by atoms with E-state index in [0.717, 1.165) is 85.0 Å². The second kappa shape index (κ2) is 27.4. The zero-order valence-electron chi connectivity index (χ0n) is 44.2. The molecule has 5 aromatic rings. The molecule has 2 heterocycles. The van der Waals surface area contributed by atoms with E-state index >= 15 is 0 Å². The first kappa shape index (κ1) is 54.1. The third-order valence-electron chi connectivity index (χ3n) is 14.6. The molecule has 2 aliphatic heterocycles. The number of piperidine rings is 1. The summed E-state index contributed by atoms with van der Waals surface area (Å²) in [6.45, 7) is 11.0. The molecule has 1 N–H and O–H groups in total. The molecule has 0 aromatic heterocycles. The van der Waals surface area contributed by atoms with Crippen LogP contribution in [0.1, 0.15) is 152 Å². The Morgan fingerprint density at radius 2 is 1.47 bits per heavy atom. The summed E-state index contributed by atoms with van der Waals surface area (Å²) in [5.41, 5.74) is 10.8. The summed E-state index contributed by atoms with van der Waals surface area (Å²) in [4.78, 5) is 46.1. The van der Waals surface area contributed by atoms with Gasteiger partial charge in [0.05, 0.1) is 25.8 Å². The molecule has 7 rings (SSSR count). The van der Waals surface area contributed by atoms with Crippen molar-refractivity contribution in [3.8, 4) is 29.1 Å². The highest BCUT2D eigenvalue weighted by atomic mass is 16.5. The van der Waals surface area contributed by atoms with E-state index in [2.05, 4.69) is 103 Å². The molecule has 0 aliphatic carbocycles. The summed E-state index contributed by atoms with van der Waals surface area (Å²) in [5, 5.41) is 3.03. The zero-order valence-corrected chi connectivity index (χ0v) is 44.2. The number of anilines is 1. The number of rotatable bonds is 25. The summed E-state index contributed by atoms with van der Waals surface area (Å²) >= 11 is 0. The fraction of sp³-hybridized carbons (Fsp3) is 0.444. The number of nitrogens with one attached hydrogen (secondary N) is 1. The molecule has 2 aliphatic rings. The topological polar surface area (TPSA) is 107 Å². The zero-order chi connectivity index (χ0) is 51.5. The number of ether oxygens (including phenoxy) is 4. The standard InChI is InChI=1S/C63H77N3O7/c1-7-55(53-40-47(4)61(71-6)59(42-53)70-5)62(68)66-38-21-18-29-57(66)63(69)73-58(35-32-48-31-30-45(2)46(3)39-48)51-26-22-27-54(41-51)72-44-60(67)64-36-19-12-10-8-9-11-13-20-37-65-43-52-25-15-14-23-49(52)33-34-50-24-16-17-28-56(50)65/h14-17,22-28,30-31,39-42,55,57-58H,7-13,18-21,29,32,35-38,43-44H2,1-6H3,(H,64,67)/t55-,57-,58+/m0/s1. The second-order valence-corrected chi connectivity index (χ2v) is 19.8. The minimum absolute atomic E-state index is 0.0944. The lowest BCUT2D eigenvalue weighted by molar-refractivity contribution is -0.162. The van der Waals surface area contributed by atoms with Crippen LogP contribution in [0, 0.1) is 32.6 Å². The number of carbonyl (C=O) groups excluding carboxylic acids is 3. The van der Waals surface area contributed by atoms with Gasteiger partial charge in [-0.1, -0.05) is 124 Å². The number of hydrogen-bond donors (Lipinski definition) is 1. The molecule has 73 heavy (non-hydrogen) atoms. The molecule has 0 radical (unpaired) electrons. The van der Waals surface area contributed by atoms with Crippen LogP contribution in [0.2, 0.25) is 0 Å². The first-order valence-corrected chi connectivity index (χ1v) is 26.8. The molecule has 0 saturated carbocycles. The average Bonchev–Trinajstić information content (AvgIpc) is 3.40. The number of esters is 1. The van der Waals surface area contributed by atoms with Crippen LogP contribution in [0.15, 0.2) is 103 Å². The Balaban J connectivity index is 0.870. The van der Waals surface area contributed by atoms with Crippen LogP contribution in [0.4, 0.5) is 5.69 Å². The molecule has 0 unspecified atom stereocenters. The van der Waals surface area contributed by atoms with E-state index in [0.29, 0.717) is 56.0 Å². The predicted octanol–water partition coefficient (Wildman–Crippen LogP) is 12.5. The van der Waals surface area contributed by atoms with Gasteiger partial charge in [-0.2, -0.15) is 0 Å². The SMILES string of the molecule is CC[C@H](C(=O)N1CCCC[C@H]1C(=O)O[C@H](CCc1ccc(C)c(C)c1)c1cccc(OCC(=O)NCCCCCCCCCCN2Cc3ccccc3C#Cc3ccccc32)c1)c1cc(C)c(OC)c(OC)c1. The molecule has 386 valence electrons. The smallest absolute Gasteiger partial charge is 0.329 e. The number of benzene rings is 5. The molecule has 3 atom stereocenters. The van der Waals surface area contributed by atoms with Crippen LogP contribution in [0.25, 0.3) is 0 Å². The summed E-state index contributed by atoms with van der Waals surface area (Å²) in [6, 6.07) is 34.1. The monoisotopic (exact) mass is 988 g/mol. The Kier molecular flexibility index (Phi) is 20.3. The molecule has 1 saturated heterocycles. The third-order valence-corrected chi connectivity index (χ3v) is 14.6. The van der Waals surface area contributed by atoms with Gasteiger partial charge < -0.3 is 34.1 Å². The van der Waals surface area contributed by atoms with Gasteiger partial charge in [0.2, 0.25) is 5.91 Å². The molecular weight excluding hydrogens is 911 g/mol. The fourth-order valence-corrected chi connectivity index (χ4v) is 10.3. The van der Waals surface area contributed by atoms with Crippen molar-refractivity contribution in [1.82, 2.24) is 10.2 Å². The van der Waals surface area contributed by atoms with Crippen molar-refractivity contribution in [1.29, 1.82) is 0 Å². The maximum Gasteiger partial charge on any atom is 0.329 e. The van der Waals surface area contributed by atoms with Crippen LogP contribution in [-0.2, 0) is 32.1 Å². The Labute approximate surface area is 435 Å². The number of methoxy groups -OCH3 is 2. The fourth-order valence-electron chi connectivity index (χ4n) is 10.3. The largest absolute Gasteiger partial charge is 0.493 e. The first-order chi connectivity index (χ1) is 35.6. The van der Waals surface area contributed by atoms with Gasteiger partial charge in [0.25, 0.3) is 5.91 Å². The van der Waals surface area contributed by atoms with Gasteiger partial charge in [0.1, 0.15) is 17.9 Å². The van der Waals surface area contributed by atoms with E-state index in [1.807, 2.05) is 50.2 Å². The van der Waals surface area contributed by atoms with Crippen molar-refractivity contribution in [3.05, 3.63) is 153 Å². The van der Waals surface area contributed by atoms with Gasteiger partial charge in [-0.25, -0.2) is 4.79 Å². The van der Waals surface area contributed by atoms with Gasteiger partial charge in [-0.05, 0) is 147 Å². The molecule has 0 bridgehead atoms. The Morgan fingerprint density at radius 3 is 2.23 bits per heavy atom. The molecule has 10 heteroatoms. The molecule has 1 fully saturated rings. The number of carbonyl (C=O) groups is 3. The van der Waals surface area contributed by atoms with Crippen molar-refractivity contribution < 1.29 is 33.3 Å². The number of hydrogen-bond acceptors (Lipinski definition) is 8. The van der Waals surface area contributed by atoms with E-state index < -0.39 is 24.0 Å². The summed E-state index contributed by atoms with van der Waals surface area (Å²) in [7, 11) is 3.20. The predicted molar refractivity (Wildman–Crippen MR) is 292 cm³/mol. The highest BCUT2D eigenvalue weighted by Crippen LogP contribution is 2.37. The maximum atomic E-state index is 14.5. The van der Waals surface area contributed by atoms with Crippen LogP contribution in [-0.4, -0.2) is 69.2 Å². The van der Waals surface area contributed by atoms with Crippen LogP contribution >= 0.6 is 0 Å². The van der Waals surface area contributed by atoms with Crippen molar-refractivity contribution in [2.45, 2.75) is 142 Å². The number of fused-ring (bicyclic) bond motifs is 2. The van der Waals surface area contributed by atoms with E-state index in [9.17, 15) is 14.4 Å². The van der Waals surface area contributed by atoms with Crippen molar-refractivity contribution in [2.75, 3.05) is 45.4 Å². The number of nitrogens with zero attached hydrogens (tertiary/aromatic N) is 2. The Morgan fingerprint density at radius 1 is 0.726 bits per heavy atom. The normalized spacial score (nSPS) is 14.8. The number of amides is 2. The second-order valence-electron chi connectivity index (χ2n) is 19.8. The lowest BCUT2D eigenvalue weighted by Crippen LogP contribution is -2.50. The molecule has 0 spiro atoms. The lowest BCUT2D eigenvalue weighted by Gasteiger charge is -2.37. The van der Waals surface area contributed by atoms with Crippen LogP contribution < -0.4 is 24.4 Å². The highest BCUT2D eigenvalue weighted by Gasteiger charge is 2.38. The van der Waals surface area contributed by atoms with Gasteiger partial charge in [0.15, 0.2) is 18.1 Å². The molecular formula is C63H77N3O7. The Hall–Kier alpha value is -6.73. The van der Waals surface area contributed by atoms with E-state index in [4.69, 9.17) is 18.9 Å². The maximum absolute atomic E-state index is 14.5. The summed E-state index contributed by atoms with van der Waals surface area (Å²) < 4.78 is 23.7. The molecule has 2 amide bonds. The van der Waals surface area contributed by atoms with Gasteiger partial charge >= 0.3 is 5.97 Å². The van der Waals surface area contributed by atoms with Crippen molar-refractivity contribution in [2.24, 2.45) is 0 Å². The molecule has 5 aromatic carbocycles. The van der Waals surface area contributed by atoms with Gasteiger partial charge in [0, 0.05) is 37.3 Å². The summed E-state index contributed by atoms with van der Waals surface area (Å²) in [6.07, 6.45) is 12.4. The number of para-hydroxylation sites is 1. The van der Waals surface area contributed by atoms with Crippen molar-refractivity contribution in [3.63, 3.8) is 0 Å². The quantitative estimate of drug-likeness (QED) is 0.0350. The summed E-state index contributed by atoms with van der Waals surface area (Å²) in [5.74, 6) is 7.38. The van der Waals surface area contributed by atoms with Crippen LogP contribution in [0.3, 0.4) is 0 Å². The van der Waals surface area contributed by atoms with Crippen molar-refractivity contribution >= 4 is 23.5 Å². The van der Waals surface area contributed by atoms with E-state index in [-0.39, 0.29) is 18.4 Å². The first-order valence-electron chi connectivity index (χ1n) is 26.8. The van der Waals surface area contributed by atoms with E-state index in [1.165, 1.54) is 48.1 Å².